The van der Waals surface area contributed by atoms with Gasteiger partial charge in [-0.2, -0.15) is 13.9 Å². The summed E-state index contributed by atoms with van der Waals surface area (Å²) in [7, 11) is 0. The largest absolute Gasteiger partial charge is 0.345 e. The summed E-state index contributed by atoms with van der Waals surface area (Å²) >= 11 is 8.78. The van der Waals surface area contributed by atoms with Crippen LogP contribution < -0.4 is 4.90 Å². The van der Waals surface area contributed by atoms with Crippen molar-refractivity contribution in [1.82, 2.24) is 19.7 Å². The summed E-state index contributed by atoms with van der Waals surface area (Å²) in [5.74, 6) is 0.473. The van der Waals surface area contributed by atoms with E-state index >= 15 is 0 Å². The molecule has 0 radical (unpaired) electrons. The van der Waals surface area contributed by atoms with Gasteiger partial charge in [-0.15, -0.1) is 22.7 Å². The van der Waals surface area contributed by atoms with E-state index in [1.165, 1.54) is 17.5 Å². The molecule has 0 aliphatic carbocycles. The molecule has 3 aromatic rings. The summed E-state index contributed by atoms with van der Waals surface area (Å²) in [6.45, 7) is 0.282. The molecule has 0 aliphatic heterocycles. The third-order valence-electron chi connectivity index (χ3n) is 3.01. The van der Waals surface area contributed by atoms with E-state index in [4.69, 9.17) is 11.6 Å². The molecule has 0 saturated heterocycles. The fourth-order valence-corrected chi connectivity index (χ4v) is 3.84. The number of alkyl halides is 2. The average Bonchev–Trinajstić information content (AvgIpc) is 3.20. The lowest BCUT2D eigenvalue weighted by Crippen LogP contribution is -2.22. The van der Waals surface area contributed by atoms with Crippen molar-refractivity contribution in [3.8, 4) is 0 Å². The van der Waals surface area contributed by atoms with E-state index in [1.807, 2.05) is 11.8 Å². The maximum absolute atomic E-state index is 12.8. The highest BCUT2D eigenvalue weighted by Gasteiger charge is 2.16. The van der Waals surface area contributed by atoms with Gasteiger partial charge in [0.15, 0.2) is 10.3 Å². The Hall–Kier alpha value is -1.58. The van der Waals surface area contributed by atoms with E-state index in [0.29, 0.717) is 28.1 Å². The Kier molecular flexibility index (Phi) is 4.88. The van der Waals surface area contributed by atoms with Crippen molar-refractivity contribution in [3.63, 3.8) is 0 Å². The summed E-state index contributed by atoms with van der Waals surface area (Å²) in [6.07, 6.45) is 4.74. The first kappa shape index (κ1) is 16.3. The molecule has 0 saturated carbocycles. The molecule has 0 fully saturated rings. The molecule has 3 rings (SSSR count). The van der Waals surface area contributed by atoms with Gasteiger partial charge >= 0.3 is 6.55 Å². The smallest absolute Gasteiger partial charge is 0.333 e. The Bertz CT molecular complexity index is 743. The Morgan fingerprint density at radius 3 is 2.43 bits per heavy atom. The van der Waals surface area contributed by atoms with Crippen LogP contribution in [0.1, 0.15) is 21.3 Å². The number of halogens is 3. The molecule has 0 N–H and O–H groups in total. The second-order valence-corrected chi connectivity index (χ2v) is 7.73. The molecular weight excluding hydrogens is 364 g/mol. The van der Waals surface area contributed by atoms with Crippen molar-refractivity contribution in [2.45, 2.75) is 26.6 Å². The zero-order chi connectivity index (χ0) is 16.4. The highest BCUT2D eigenvalue weighted by atomic mass is 35.5. The number of aryl methyl sites for hydroxylation is 1. The number of aromatic nitrogens is 4. The number of nitrogens with zero attached hydrogens (tertiary/aromatic N) is 5. The maximum Gasteiger partial charge on any atom is 0.333 e. The minimum atomic E-state index is -2.66. The van der Waals surface area contributed by atoms with Crippen LogP contribution in [0.15, 0.2) is 24.7 Å². The van der Waals surface area contributed by atoms with Crippen molar-refractivity contribution in [3.05, 3.63) is 43.9 Å². The molecule has 10 heteroatoms. The SMILES string of the molecule is Cc1ncc(CN(Cc2cnc(Cl)s2)c2ccn(C(F)F)n2)s1. The maximum atomic E-state index is 12.8. The minimum absolute atomic E-state index is 0.451. The molecule has 0 aromatic carbocycles. The Morgan fingerprint density at radius 2 is 1.91 bits per heavy atom. The van der Waals surface area contributed by atoms with Crippen LogP contribution in [0, 0.1) is 6.92 Å². The molecule has 0 unspecified atom stereocenters. The van der Waals surface area contributed by atoms with Gasteiger partial charge in [0.05, 0.1) is 18.1 Å². The first-order valence-corrected chi connectivity index (χ1v) is 8.62. The van der Waals surface area contributed by atoms with Crippen LogP contribution in [0.4, 0.5) is 14.6 Å². The van der Waals surface area contributed by atoms with Crippen LogP contribution in [0.2, 0.25) is 4.47 Å². The lowest BCUT2D eigenvalue weighted by atomic mass is 10.4. The third-order valence-corrected chi connectivity index (χ3v) is 5.00. The van der Waals surface area contributed by atoms with E-state index in [-0.39, 0.29) is 0 Å². The van der Waals surface area contributed by atoms with Crippen molar-refractivity contribution in [2.24, 2.45) is 0 Å². The van der Waals surface area contributed by atoms with E-state index < -0.39 is 6.55 Å². The van der Waals surface area contributed by atoms with Crippen LogP contribution in [0.3, 0.4) is 0 Å². The van der Waals surface area contributed by atoms with E-state index in [2.05, 4.69) is 15.1 Å². The second kappa shape index (κ2) is 6.90. The van der Waals surface area contributed by atoms with Crippen molar-refractivity contribution < 1.29 is 8.78 Å². The molecule has 0 atom stereocenters. The van der Waals surface area contributed by atoms with E-state index in [9.17, 15) is 8.78 Å². The lowest BCUT2D eigenvalue weighted by Gasteiger charge is -2.20. The summed E-state index contributed by atoms with van der Waals surface area (Å²) in [5, 5.41) is 4.90. The van der Waals surface area contributed by atoms with Crippen molar-refractivity contribution >= 4 is 40.1 Å². The summed E-state index contributed by atoms with van der Waals surface area (Å²) in [4.78, 5) is 12.1. The van der Waals surface area contributed by atoms with Gasteiger partial charge in [0.2, 0.25) is 0 Å². The average molecular weight is 376 g/mol. The van der Waals surface area contributed by atoms with Crippen LogP contribution >= 0.6 is 34.3 Å². The molecule has 0 amide bonds. The fourth-order valence-electron chi connectivity index (χ4n) is 2.03. The quantitative estimate of drug-likeness (QED) is 0.642. The Morgan fingerprint density at radius 1 is 1.22 bits per heavy atom. The monoisotopic (exact) mass is 375 g/mol. The van der Waals surface area contributed by atoms with Crippen LogP contribution in [0.25, 0.3) is 0 Å². The second-order valence-electron chi connectivity index (χ2n) is 4.71. The zero-order valence-electron chi connectivity index (χ0n) is 12.0. The highest BCUT2D eigenvalue weighted by Crippen LogP contribution is 2.25. The number of hydrogen-bond acceptors (Lipinski definition) is 6. The van der Waals surface area contributed by atoms with Gasteiger partial charge in [-0.1, -0.05) is 11.6 Å². The normalized spacial score (nSPS) is 11.3. The molecule has 0 aliphatic rings. The molecule has 23 heavy (non-hydrogen) atoms. The van der Waals surface area contributed by atoms with Crippen LogP contribution in [0.5, 0.6) is 0 Å². The van der Waals surface area contributed by atoms with Gasteiger partial charge in [0.25, 0.3) is 0 Å². The van der Waals surface area contributed by atoms with Gasteiger partial charge in [-0.05, 0) is 6.92 Å². The van der Waals surface area contributed by atoms with Gasteiger partial charge < -0.3 is 4.90 Å². The first-order chi connectivity index (χ1) is 11.0. The zero-order valence-corrected chi connectivity index (χ0v) is 14.4. The number of thiazole rings is 2. The number of anilines is 1. The van der Waals surface area contributed by atoms with Crippen LogP contribution in [-0.2, 0) is 13.1 Å². The van der Waals surface area contributed by atoms with Crippen molar-refractivity contribution in [1.29, 1.82) is 0 Å². The standard InChI is InChI=1S/C13H12ClF2N5S2/c1-8-17-4-9(22-8)6-20(7-10-5-18-12(14)23-10)11-2-3-21(19-11)13(15)16/h2-5,13H,6-7H2,1H3. The molecule has 3 aromatic heterocycles. The Labute approximate surface area is 144 Å². The van der Waals surface area contributed by atoms with Crippen molar-refractivity contribution in [2.75, 3.05) is 4.90 Å². The van der Waals surface area contributed by atoms with Crippen LogP contribution in [-0.4, -0.2) is 19.7 Å². The van der Waals surface area contributed by atoms with E-state index in [0.717, 1.165) is 14.8 Å². The minimum Gasteiger partial charge on any atom is -0.345 e. The highest BCUT2D eigenvalue weighted by molar-refractivity contribution is 7.15. The lowest BCUT2D eigenvalue weighted by molar-refractivity contribution is 0.0567. The molecule has 3 heterocycles. The predicted molar refractivity (Wildman–Crippen MR) is 87.3 cm³/mol. The number of hydrogen-bond donors (Lipinski definition) is 0. The van der Waals surface area contributed by atoms with Gasteiger partial charge in [-0.25, -0.2) is 14.6 Å². The first-order valence-electron chi connectivity index (χ1n) is 6.61. The molecule has 0 spiro atoms. The molecule has 122 valence electrons. The topological polar surface area (TPSA) is 46.8 Å². The molecule has 5 nitrogen and oxygen atoms in total. The van der Waals surface area contributed by atoms with E-state index in [1.54, 1.807) is 29.8 Å². The van der Waals surface area contributed by atoms with Gasteiger partial charge in [0.1, 0.15) is 0 Å². The summed E-state index contributed by atoms with van der Waals surface area (Å²) in [6, 6.07) is 1.57. The number of rotatable bonds is 6. The van der Waals surface area contributed by atoms with Gasteiger partial charge in [0, 0.05) is 34.4 Å². The molecule has 0 bridgehead atoms. The third kappa shape index (κ3) is 4.04. The van der Waals surface area contributed by atoms with Gasteiger partial charge in [-0.3, -0.25) is 0 Å². The fraction of sp³-hybridized carbons (Fsp3) is 0.308. The predicted octanol–water partition coefficient (Wildman–Crippen LogP) is 4.36. The molecular formula is C13H12ClF2N5S2. The summed E-state index contributed by atoms with van der Waals surface area (Å²) < 4.78 is 26.6. The summed E-state index contributed by atoms with van der Waals surface area (Å²) in [5.41, 5.74) is 0. The Balaban J connectivity index is 1.85.